The average Bonchev–Trinajstić information content (AvgIpc) is 3.25. The number of rotatable bonds is 3. The molecule has 2 unspecified atom stereocenters. The van der Waals surface area contributed by atoms with E-state index < -0.39 is 0 Å². The van der Waals surface area contributed by atoms with E-state index in [4.69, 9.17) is 5.73 Å². The fraction of sp³-hybridized carbons (Fsp3) is 0.550. The van der Waals surface area contributed by atoms with Gasteiger partial charge in [-0.3, -0.25) is 14.3 Å². The minimum absolute atomic E-state index is 0.103. The molecule has 2 fully saturated rings. The van der Waals surface area contributed by atoms with Crippen LogP contribution in [0.2, 0.25) is 0 Å². The lowest BCUT2D eigenvalue weighted by Crippen LogP contribution is -2.38. The molecule has 7 nitrogen and oxygen atoms in total. The highest BCUT2D eigenvalue weighted by atomic mass is 16.2. The summed E-state index contributed by atoms with van der Waals surface area (Å²) in [5.74, 6) is -0.0713. The summed E-state index contributed by atoms with van der Waals surface area (Å²) in [6.07, 6.45) is 2.11. The summed E-state index contributed by atoms with van der Waals surface area (Å²) >= 11 is 0. The molecular formula is C20H27N5O2. The third-order valence-electron chi connectivity index (χ3n) is 6.35. The van der Waals surface area contributed by atoms with Gasteiger partial charge in [0, 0.05) is 25.5 Å². The number of aromatic nitrogens is 2. The van der Waals surface area contributed by atoms with Gasteiger partial charge in [-0.25, -0.2) is 0 Å². The molecule has 2 aliphatic rings. The Morgan fingerprint density at radius 1 is 1.11 bits per heavy atom. The summed E-state index contributed by atoms with van der Waals surface area (Å²) in [5, 5.41) is 5.30. The van der Waals surface area contributed by atoms with Gasteiger partial charge >= 0.3 is 0 Å². The molecule has 2 saturated heterocycles. The minimum atomic E-state index is -0.292. The summed E-state index contributed by atoms with van der Waals surface area (Å²) in [6.45, 7) is 3.05. The molecule has 2 atom stereocenters. The molecule has 1 aromatic heterocycles. The Kier molecular flexibility index (Phi) is 4.63. The lowest BCUT2D eigenvalue weighted by atomic mass is 9.78. The molecule has 0 saturated carbocycles. The van der Waals surface area contributed by atoms with E-state index in [1.165, 1.54) is 0 Å². The Balaban J connectivity index is 1.58. The molecule has 2 aliphatic heterocycles. The molecule has 27 heavy (non-hydrogen) atoms. The van der Waals surface area contributed by atoms with Crippen molar-refractivity contribution in [3.05, 3.63) is 30.0 Å². The van der Waals surface area contributed by atoms with Crippen LogP contribution in [0.4, 0.5) is 0 Å². The van der Waals surface area contributed by atoms with Crippen molar-refractivity contribution in [2.75, 3.05) is 33.2 Å². The Labute approximate surface area is 159 Å². The average molecular weight is 369 g/mol. The van der Waals surface area contributed by atoms with Gasteiger partial charge in [-0.1, -0.05) is 18.2 Å². The number of primary amides is 1. The van der Waals surface area contributed by atoms with E-state index in [1.807, 2.05) is 31.3 Å². The highest BCUT2D eigenvalue weighted by Gasteiger charge is 2.43. The Bertz CT molecular complexity index is 868. The number of carbonyl (C=O) groups excluding carboxylic acids is 2. The van der Waals surface area contributed by atoms with Crippen LogP contribution >= 0.6 is 0 Å². The maximum Gasteiger partial charge on any atom is 0.275 e. The highest BCUT2D eigenvalue weighted by Crippen LogP contribution is 2.36. The van der Waals surface area contributed by atoms with E-state index >= 15 is 0 Å². The Hall–Kier alpha value is -2.41. The second kappa shape index (κ2) is 6.96. The number of amides is 2. The van der Waals surface area contributed by atoms with Crippen LogP contribution in [0.5, 0.6) is 0 Å². The number of benzene rings is 1. The van der Waals surface area contributed by atoms with Crippen molar-refractivity contribution >= 4 is 22.7 Å². The van der Waals surface area contributed by atoms with Crippen molar-refractivity contribution in [1.29, 1.82) is 0 Å². The predicted octanol–water partition coefficient (Wildman–Crippen LogP) is 1.09. The number of hydrogen-bond acceptors (Lipinski definition) is 4. The van der Waals surface area contributed by atoms with Crippen LogP contribution in [-0.4, -0.2) is 64.6 Å². The van der Waals surface area contributed by atoms with Crippen molar-refractivity contribution < 1.29 is 9.59 Å². The number of carbonyl (C=O) groups is 2. The first-order chi connectivity index (χ1) is 13.0. The number of likely N-dealkylation sites (tertiary alicyclic amines) is 2. The van der Waals surface area contributed by atoms with E-state index in [1.54, 1.807) is 9.58 Å². The maximum absolute atomic E-state index is 13.2. The smallest absolute Gasteiger partial charge is 0.275 e. The second-order valence-electron chi connectivity index (χ2n) is 8.01. The molecule has 2 aromatic rings. The third-order valence-corrected chi connectivity index (χ3v) is 6.35. The van der Waals surface area contributed by atoms with Crippen LogP contribution in [0.1, 0.15) is 23.3 Å². The monoisotopic (exact) mass is 369 g/mol. The van der Waals surface area contributed by atoms with E-state index in [9.17, 15) is 9.59 Å². The van der Waals surface area contributed by atoms with Crippen LogP contribution in [0.3, 0.4) is 0 Å². The number of nitrogens with zero attached hydrogens (tertiary/aromatic N) is 4. The molecule has 0 aliphatic carbocycles. The quantitative estimate of drug-likeness (QED) is 0.878. The van der Waals surface area contributed by atoms with Crippen molar-refractivity contribution in [1.82, 2.24) is 19.6 Å². The number of fused-ring (bicyclic) bond motifs is 1. The SMILES string of the molecule is CN1CCC(C2CN(C(=O)c3nn(C)c4ccccc34)CC2C(N)=O)CC1. The molecule has 0 radical (unpaired) electrons. The Morgan fingerprint density at radius 2 is 1.81 bits per heavy atom. The van der Waals surface area contributed by atoms with Crippen LogP contribution < -0.4 is 5.73 Å². The molecule has 2 amide bonds. The van der Waals surface area contributed by atoms with Gasteiger partial charge in [-0.05, 0) is 50.9 Å². The summed E-state index contributed by atoms with van der Waals surface area (Å²) in [7, 11) is 3.97. The first-order valence-corrected chi connectivity index (χ1v) is 9.64. The number of nitrogens with two attached hydrogens (primary N) is 1. The van der Waals surface area contributed by atoms with Gasteiger partial charge in [-0.2, -0.15) is 5.10 Å². The zero-order valence-corrected chi connectivity index (χ0v) is 16.0. The van der Waals surface area contributed by atoms with Gasteiger partial charge < -0.3 is 15.5 Å². The third kappa shape index (κ3) is 3.20. The number of aryl methyl sites for hydroxylation is 1. The van der Waals surface area contributed by atoms with Gasteiger partial charge in [0.1, 0.15) is 0 Å². The van der Waals surface area contributed by atoms with Gasteiger partial charge in [0.15, 0.2) is 5.69 Å². The molecule has 0 bridgehead atoms. The van der Waals surface area contributed by atoms with Crippen molar-refractivity contribution in [2.24, 2.45) is 30.5 Å². The molecule has 144 valence electrons. The van der Waals surface area contributed by atoms with Crippen LogP contribution in [0.15, 0.2) is 24.3 Å². The van der Waals surface area contributed by atoms with Crippen molar-refractivity contribution in [3.8, 4) is 0 Å². The second-order valence-corrected chi connectivity index (χ2v) is 8.01. The normalized spacial score (nSPS) is 24.6. The molecule has 2 N–H and O–H groups in total. The van der Waals surface area contributed by atoms with Crippen molar-refractivity contribution in [2.45, 2.75) is 12.8 Å². The first kappa shape index (κ1) is 18.0. The largest absolute Gasteiger partial charge is 0.369 e. The fourth-order valence-corrected chi connectivity index (χ4v) is 4.75. The predicted molar refractivity (Wildman–Crippen MR) is 103 cm³/mol. The van der Waals surface area contributed by atoms with E-state index in [2.05, 4.69) is 17.0 Å². The fourth-order valence-electron chi connectivity index (χ4n) is 4.75. The van der Waals surface area contributed by atoms with Gasteiger partial charge in [0.05, 0.1) is 11.4 Å². The molecule has 7 heteroatoms. The summed E-state index contributed by atoms with van der Waals surface area (Å²) < 4.78 is 1.73. The maximum atomic E-state index is 13.2. The van der Waals surface area contributed by atoms with E-state index in [0.29, 0.717) is 24.7 Å². The zero-order chi connectivity index (χ0) is 19.1. The number of para-hydroxylation sites is 1. The molecule has 1 aromatic carbocycles. The van der Waals surface area contributed by atoms with E-state index in [0.717, 1.165) is 36.8 Å². The highest BCUT2D eigenvalue weighted by molar-refractivity contribution is 6.05. The topological polar surface area (TPSA) is 84.5 Å². The Morgan fingerprint density at radius 3 is 2.52 bits per heavy atom. The standard InChI is InChI=1S/C20H27N5O2/c1-23-9-7-13(8-10-23)15-11-25(12-16(15)19(21)26)20(27)18-14-5-3-4-6-17(14)24(2)22-18/h3-6,13,15-16H,7-12H2,1-2H3,(H2,21,26). The number of hydrogen-bond donors (Lipinski definition) is 1. The molecule has 3 heterocycles. The molecular weight excluding hydrogens is 342 g/mol. The van der Waals surface area contributed by atoms with Gasteiger partial charge in [0.25, 0.3) is 5.91 Å². The zero-order valence-electron chi connectivity index (χ0n) is 16.0. The van der Waals surface area contributed by atoms with Crippen molar-refractivity contribution in [3.63, 3.8) is 0 Å². The minimum Gasteiger partial charge on any atom is -0.369 e. The van der Waals surface area contributed by atoms with Crippen LogP contribution in [0.25, 0.3) is 10.9 Å². The first-order valence-electron chi connectivity index (χ1n) is 9.64. The van der Waals surface area contributed by atoms with Gasteiger partial charge in [-0.15, -0.1) is 0 Å². The summed E-state index contributed by atoms with van der Waals surface area (Å²) in [6, 6.07) is 7.73. The summed E-state index contributed by atoms with van der Waals surface area (Å²) in [4.78, 5) is 29.4. The van der Waals surface area contributed by atoms with E-state index in [-0.39, 0.29) is 23.7 Å². The number of piperidine rings is 1. The molecule has 4 rings (SSSR count). The lowest BCUT2D eigenvalue weighted by Gasteiger charge is -2.34. The van der Waals surface area contributed by atoms with Crippen LogP contribution in [-0.2, 0) is 11.8 Å². The van der Waals surface area contributed by atoms with Crippen LogP contribution in [0, 0.1) is 17.8 Å². The lowest BCUT2D eigenvalue weighted by molar-refractivity contribution is -0.123. The summed E-state index contributed by atoms with van der Waals surface area (Å²) in [5.41, 5.74) is 7.10. The van der Waals surface area contributed by atoms with Gasteiger partial charge in [0.2, 0.25) is 5.91 Å². The molecule has 0 spiro atoms.